The van der Waals surface area contributed by atoms with Crippen molar-refractivity contribution in [2.75, 3.05) is 7.11 Å². The Bertz CT molecular complexity index is 345. The zero-order valence-corrected chi connectivity index (χ0v) is 6.28. The second kappa shape index (κ2) is 3.05. The highest BCUT2D eigenvalue weighted by Crippen LogP contribution is 1.76. The molecule has 0 amide bonds. The Morgan fingerprint density at radius 2 is 2.36 bits per heavy atom. The Kier molecular flexibility index (Phi) is 2.11. The molecule has 0 aliphatic heterocycles. The molecule has 0 aliphatic rings. The second-order valence-electron chi connectivity index (χ2n) is 2.05. The van der Waals surface area contributed by atoms with Crippen LogP contribution in [0.15, 0.2) is 24.4 Å². The lowest BCUT2D eigenvalue weighted by Crippen LogP contribution is -2.39. The summed E-state index contributed by atoms with van der Waals surface area (Å²) in [5.41, 5.74) is 0. The topological polar surface area (TPSA) is 38.2 Å². The normalized spacial score (nSPS) is 12.5. The summed E-state index contributed by atoms with van der Waals surface area (Å²) in [6.07, 6.45) is 1.69. The molecule has 0 aliphatic carbocycles. The van der Waals surface area contributed by atoms with Crippen molar-refractivity contribution >= 4 is 5.95 Å². The van der Waals surface area contributed by atoms with Gasteiger partial charge in [-0.05, 0) is 13.2 Å². The number of hydrogen-bond donors (Lipinski definition) is 0. The van der Waals surface area contributed by atoms with Gasteiger partial charge in [0, 0.05) is 12.1 Å². The van der Waals surface area contributed by atoms with Crippen molar-refractivity contribution in [1.29, 1.82) is 0 Å². The minimum absolute atomic E-state index is 0.374. The van der Waals surface area contributed by atoms with Crippen molar-refractivity contribution in [2.24, 2.45) is 0 Å². The van der Waals surface area contributed by atoms with Crippen LogP contribution in [0, 0.1) is 6.72 Å². The molecule has 0 atom stereocenters. The van der Waals surface area contributed by atoms with Crippen LogP contribution in [-0.2, 0) is 4.74 Å². The highest BCUT2D eigenvalue weighted by Gasteiger charge is 1.90. The molecule has 0 bridgehead atoms. The first-order valence-electron chi connectivity index (χ1n) is 3.15. The molecule has 0 saturated carbocycles. The predicted octanol–water partition coefficient (Wildman–Crippen LogP) is -1.31. The number of ether oxygens (including phenoxy) is 1. The molecule has 0 unspecified atom stereocenters. The lowest BCUT2D eigenvalue weighted by Gasteiger charge is -2.03. The van der Waals surface area contributed by atoms with Gasteiger partial charge in [-0.2, -0.15) is 4.24 Å². The molecule has 11 heavy (non-hydrogen) atoms. The molecule has 0 N–H and O–H groups in total. The Morgan fingerprint density at radius 1 is 1.64 bits per heavy atom. The van der Waals surface area contributed by atoms with Gasteiger partial charge in [0.05, 0.1) is 0 Å². The van der Waals surface area contributed by atoms with E-state index in [-0.39, 0.29) is 5.95 Å². The van der Waals surface area contributed by atoms with E-state index in [0.29, 0.717) is 5.35 Å². The summed E-state index contributed by atoms with van der Waals surface area (Å²) in [5, 5.41) is 11.4. The Labute approximate surface area is 64.5 Å². The molecule has 3 heteroatoms. The third-order valence-corrected chi connectivity index (χ3v) is 1.34. The number of nitrogens with zero attached hydrogens (tertiary/aromatic N) is 1. The first-order chi connectivity index (χ1) is 5.25. The van der Waals surface area contributed by atoms with Crippen LogP contribution in [0.1, 0.15) is 0 Å². The molecule has 0 spiro atoms. The Morgan fingerprint density at radius 3 is 2.91 bits per heavy atom. The fourth-order valence-electron chi connectivity index (χ4n) is 0.766. The van der Waals surface area contributed by atoms with Crippen LogP contribution in [0.25, 0.3) is 5.95 Å². The summed E-state index contributed by atoms with van der Waals surface area (Å²) in [7, 11) is 1.34. The summed E-state index contributed by atoms with van der Waals surface area (Å²) in [5.74, 6) is -0.374. The largest absolute Gasteiger partial charge is 0.612 e. The Balaban J connectivity index is 3.46. The van der Waals surface area contributed by atoms with Crippen molar-refractivity contribution in [3.63, 3.8) is 0 Å². The van der Waals surface area contributed by atoms with E-state index in [1.165, 1.54) is 11.4 Å². The van der Waals surface area contributed by atoms with Crippen LogP contribution < -0.4 is 14.7 Å². The molecule has 1 rings (SSSR count). The van der Waals surface area contributed by atoms with Gasteiger partial charge in [0.25, 0.3) is 0 Å². The SMILES string of the molecule is C=[n+]1ccccc1=C([O-])OC. The Hall–Kier alpha value is -1.51. The van der Waals surface area contributed by atoms with Gasteiger partial charge < -0.3 is 9.84 Å². The fourth-order valence-corrected chi connectivity index (χ4v) is 0.766. The van der Waals surface area contributed by atoms with Crippen molar-refractivity contribution in [3.8, 4) is 0 Å². The summed E-state index contributed by atoms with van der Waals surface area (Å²) in [6.45, 7) is 3.61. The van der Waals surface area contributed by atoms with Crippen LogP contribution >= 0.6 is 0 Å². The van der Waals surface area contributed by atoms with Crippen LogP contribution in [0.4, 0.5) is 0 Å². The van der Waals surface area contributed by atoms with Gasteiger partial charge in [-0.1, -0.05) is 0 Å². The first-order valence-corrected chi connectivity index (χ1v) is 3.15. The van der Waals surface area contributed by atoms with Gasteiger partial charge in [0.15, 0.2) is 6.20 Å². The molecular weight excluding hydrogens is 142 g/mol. The van der Waals surface area contributed by atoms with Crippen molar-refractivity contribution in [3.05, 3.63) is 36.5 Å². The van der Waals surface area contributed by atoms with Gasteiger partial charge in [0.1, 0.15) is 12.7 Å². The molecule has 58 valence electrons. The zero-order chi connectivity index (χ0) is 8.27. The molecule has 0 fully saturated rings. The average Bonchev–Trinajstić information content (AvgIpc) is 2.04. The predicted molar refractivity (Wildman–Crippen MR) is 37.4 cm³/mol. The third kappa shape index (κ3) is 1.49. The van der Waals surface area contributed by atoms with Gasteiger partial charge in [-0.3, -0.25) is 0 Å². The maximum absolute atomic E-state index is 11.0. The smallest absolute Gasteiger partial charge is 0.232 e. The van der Waals surface area contributed by atoms with E-state index in [4.69, 9.17) is 0 Å². The summed E-state index contributed by atoms with van der Waals surface area (Å²) < 4.78 is 5.98. The number of hydrogen-bond acceptors (Lipinski definition) is 2. The molecule has 1 aromatic heterocycles. The third-order valence-electron chi connectivity index (χ3n) is 1.34. The van der Waals surface area contributed by atoms with Crippen molar-refractivity contribution in [1.82, 2.24) is 0 Å². The molecule has 3 nitrogen and oxygen atoms in total. The van der Waals surface area contributed by atoms with E-state index in [0.717, 1.165) is 0 Å². The standard InChI is InChI=1S/C8H9NO2/c1-9-6-4-3-5-7(9)8(10)11-2/h3-6H,1H2,2H3. The lowest BCUT2D eigenvalue weighted by molar-refractivity contribution is -0.520. The van der Waals surface area contributed by atoms with E-state index in [1.807, 2.05) is 0 Å². The number of aromatic nitrogens is 1. The van der Waals surface area contributed by atoms with Crippen molar-refractivity contribution < 1.29 is 14.1 Å². The zero-order valence-electron chi connectivity index (χ0n) is 6.28. The number of methoxy groups -OCH3 is 1. The molecule has 0 aromatic carbocycles. The maximum atomic E-state index is 11.0. The van der Waals surface area contributed by atoms with Gasteiger partial charge in [-0.15, -0.1) is 0 Å². The van der Waals surface area contributed by atoms with E-state index in [2.05, 4.69) is 11.5 Å². The number of pyridine rings is 1. The van der Waals surface area contributed by atoms with E-state index in [9.17, 15) is 5.11 Å². The van der Waals surface area contributed by atoms with Crippen LogP contribution in [0.3, 0.4) is 0 Å². The molecular formula is C8H9NO2. The number of rotatable bonds is 1. The van der Waals surface area contributed by atoms with E-state index >= 15 is 0 Å². The fraction of sp³-hybridized carbons (Fsp3) is 0.125. The van der Waals surface area contributed by atoms with Crippen LogP contribution in [-0.4, -0.2) is 7.11 Å². The quantitative estimate of drug-likeness (QED) is 0.467. The minimum atomic E-state index is -0.374. The maximum Gasteiger partial charge on any atom is 0.232 e. The average molecular weight is 151 g/mol. The molecule has 1 heterocycles. The van der Waals surface area contributed by atoms with E-state index < -0.39 is 0 Å². The van der Waals surface area contributed by atoms with Gasteiger partial charge >= 0.3 is 0 Å². The minimum Gasteiger partial charge on any atom is -0.612 e. The second-order valence-corrected chi connectivity index (χ2v) is 2.05. The summed E-state index contributed by atoms with van der Waals surface area (Å²) >= 11 is 0. The molecule has 0 saturated heterocycles. The monoisotopic (exact) mass is 151 g/mol. The van der Waals surface area contributed by atoms with Gasteiger partial charge in [0.2, 0.25) is 5.35 Å². The van der Waals surface area contributed by atoms with Crippen LogP contribution in [0.2, 0.25) is 0 Å². The van der Waals surface area contributed by atoms with Crippen LogP contribution in [0.5, 0.6) is 0 Å². The highest BCUT2D eigenvalue weighted by molar-refractivity contribution is 5.15. The van der Waals surface area contributed by atoms with Gasteiger partial charge in [-0.25, -0.2) is 0 Å². The highest BCUT2D eigenvalue weighted by atomic mass is 16.6. The summed E-state index contributed by atoms with van der Waals surface area (Å²) in [6, 6.07) is 5.20. The molecule has 0 radical (unpaired) electrons. The van der Waals surface area contributed by atoms with E-state index in [1.54, 1.807) is 24.4 Å². The first kappa shape index (κ1) is 7.60. The van der Waals surface area contributed by atoms with Crippen molar-refractivity contribution in [2.45, 2.75) is 0 Å². The molecule has 1 aromatic rings. The lowest BCUT2D eigenvalue weighted by atomic mass is 10.4. The summed E-state index contributed by atoms with van der Waals surface area (Å²) in [4.78, 5) is 0.